The van der Waals surface area contributed by atoms with Crippen molar-refractivity contribution in [2.75, 3.05) is 18.1 Å². The molecule has 1 fully saturated rings. The maximum absolute atomic E-state index is 11.7. The molecule has 1 aliphatic rings. The zero-order valence-electron chi connectivity index (χ0n) is 9.72. The summed E-state index contributed by atoms with van der Waals surface area (Å²) in [5.41, 5.74) is 0.0117. The predicted molar refractivity (Wildman–Crippen MR) is 65.8 cm³/mol. The lowest BCUT2D eigenvalue weighted by Crippen LogP contribution is -2.31. The second-order valence-corrected chi connectivity index (χ2v) is 5.37. The van der Waals surface area contributed by atoms with Gasteiger partial charge in [-0.15, -0.1) is 0 Å². The Morgan fingerprint density at radius 1 is 1.50 bits per heavy atom. The minimum Gasteiger partial charge on any atom is -0.475 e. The summed E-state index contributed by atoms with van der Waals surface area (Å²) >= 11 is 1.93. The molecule has 7 heteroatoms. The average molecular weight is 270 g/mol. The molecule has 2 N–H and O–H groups in total. The number of carbonyl (C=O) groups excluding carboxylic acids is 1. The van der Waals surface area contributed by atoms with E-state index in [4.69, 9.17) is 5.11 Å². The normalized spacial score (nSPS) is 16.4. The average Bonchev–Trinajstić information content (AvgIpc) is 2.87. The number of carboxylic acid groups (broad SMARTS) is 1. The minimum absolute atomic E-state index is 0.0117. The monoisotopic (exact) mass is 270 g/mol. The maximum Gasteiger partial charge on any atom is 0.374 e. The molecule has 0 unspecified atom stereocenters. The molecule has 0 aromatic carbocycles. The fraction of sp³-hybridized carbons (Fsp3) is 0.545. The smallest absolute Gasteiger partial charge is 0.374 e. The molecule has 0 aliphatic carbocycles. The summed E-state index contributed by atoms with van der Waals surface area (Å²) in [5, 5.41) is 14.8. The summed E-state index contributed by atoms with van der Waals surface area (Å²) in [6.45, 7) is 0.606. The van der Waals surface area contributed by atoms with E-state index in [0.717, 1.165) is 30.4 Å². The van der Waals surface area contributed by atoms with Gasteiger partial charge in [0.2, 0.25) is 5.76 Å². The van der Waals surface area contributed by atoms with Gasteiger partial charge < -0.3 is 14.9 Å². The van der Waals surface area contributed by atoms with Crippen molar-refractivity contribution in [3.8, 4) is 0 Å². The Morgan fingerprint density at radius 3 is 2.83 bits per heavy atom. The summed E-state index contributed by atoms with van der Waals surface area (Å²) in [7, 11) is 0. The third kappa shape index (κ3) is 3.25. The Morgan fingerprint density at radius 2 is 2.22 bits per heavy atom. The van der Waals surface area contributed by atoms with Gasteiger partial charge in [-0.2, -0.15) is 11.8 Å². The second kappa shape index (κ2) is 5.90. The third-order valence-corrected chi connectivity index (χ3v) is 3.89. The van der Waals surface area contributed by atoms with Crippen molar-refractivity contribution in [1.82, 2.24) is 10.5 Å². The molecule has 6 nitrogen and oxygen atoms in total. The fourth-order valence-corrected chi connectivity index (χ4v) is 2.97. The number of amides is 1. The van der Waals surface area contributed by atoms with Gasteiger partial charge in [-0.25, -0.2) is 4.79 Å². The number of hydrogen-bond acceptors (Lipinski definition) is 5. The lowest BCUT2D eigenvalue weighted by atomic mass is 10.0. The number of aromatic nitrogens is 1. The molecule has 2 rings (SSSR count). The zero-order chi connectivity index (χ0) is 13.0. The minimum atomic E-state index is -1.23. The molecule has 0 bridgehead atoms. The zero-order valence-corrected chi connectivity index (χ0v) is 10.5. The van der Waals surface area contributed by atoms with Gasteiger partial charge in [-0.3, -0.25) is 4.79 Å². The van der Waals surface area contributed by atoms with E-state index in [1.807, 2.05) is 11.8 Å². The van der Waals surface area contributed by atoms with E-state index in [9.17, 15) is 9.59 Å². The first-order valence-corrected chi connectivity index (χ1v) is 6.88. The van der Waals surface area contributed by atoms with Crippen molar-refractivity contribution in [3.05, 3.63) is 17.5 Å². The van der Waals surface area contributed by atoms with Crippen LogP contribution in [0.1, 0.15) is 33.9 Å². The molecule has 1 saturated heterocycles. The Balaban J connectivity index is 1.84. The van der Waals surface area contributed by atoms with Crippen LogP contribution in [-0.4, -0.2) is 40.2 Å². The highest BCUT2D eigenvalue weighted by Crippen LogP contribution is 2.21. The number of thioether (sulfide) groups is 1. The van der Waals surface area contributed by atoms with Gasteiger partial charge in [0.25, 0.3) is 5.91 Å². The number of aromatic carboxylic acids is 1. The standard InChI is InChI=1S/C11H14N2O4S/c14-10(8-5-9(11(15)16)17-13-8)12-6-7-1-3-18-4-2-7/h5,7H,1-4,6H2,(H,12,14)(H,15,16). The number of nitrogens with one attached hydrogen (secondary N) is 1. The first-order chi connectivity index (χ1) is 8.66. The van der Waals surface area contributed by atoms with Crippen LogP contribution in [0.15, 0.2) is 10.6 Å². The number of hydrogen-bond donors (Lipinski definition) is 2. The fourth-order valence-electron chi connectivity index (χ4n) is 1.76. The van der Waals surface area contributed by atoms with E-state index in [-0.39, 0.29) is 17.4 Å². The molecular formula is C11H14N2O4S. The highest BCUT2D eigenvalue weighted by atomic mass is 32.2. The Labute approximate surface area is 108 Å². The van der Waals surface area contributed by atoms with Crippen LogP contribution in [0.25, 0.3) is 0 Å². The topological polar surface area (TPSA) is 92.4 Å². The van der Waals surface area contributed by atoms with E-state index in [0.29, 0.717) is 12.5 Å². The van der Waals surface area contributed by atoms with Crippen LogP contribution in [0.5, 0.6) is 0 Å². The van der Waals surface area contributed by atoms with Gasteiger partial charge in [0.15, 0.2) is 5.69 Å². The summed E-state index contributed by atoms with van der Waals surface area (Å²) in [6.07, 6.45) is 2.20. The first-order valence-electron chi connectivity index (χ1n) is 5.73. The van der Waals surface area contributed by atoms with E-state index in [1.165, 1.54) is 0 Å². The maximum atomic E-state index is 11.7. The van der Waals surface area contributed by atoms with Crippen LogP contribution in [0.4, 0.5) is 0 Å². The Bertz CT molecular complexity index is 440. The molecule has 98 valence electrons. The molecule has 18 heavy (non-hydrogen) atoms. The van der Waals surface area contributed by atoms with E-state index in [2.05, 4.69) is 15.0 Å². The van der Waals surface area contributed by atoms with Gasteiger partial charge in [0.1, 0.15) is 0 Å². The van der Waals surface area contributed by atoms with Crippen molar-refractivity contribution in [3.63, 3.8) is 0 Å². The number of rotatable bonds is 4. The lowest BCUT2D eigenvalue weighted by molar-refractivity contribution is 0.0651. The van der Waals surface area contributed by atoms with Gasteiger partial charge in [-0.05, 0) is 30.3 Å². The Kier molecular flexibility index (Phi) is 4.24. The number of nitrogens with zero attached hydrogens (tertiary/aromatic N) is 1. The van der Waals surface area contributed by atoms with Crippen LogP contribution < -0.4 is 5.32 Å². The molecule has 0 saturated carbocycles. The van der Waals surface area contributed by atoms with Gasteiger partial charge in [0, 0.05) is 12.6 Å². The SMILES string of the molecule is O=C(NCC1CCSCC1)c1cc(C(=O)O)on1. The van der Waals surface area contributed by atoms with E-state index < -0.39 is 5.97 Å². The van der Waals surface area contributed by atoms with E-state index in [1.54, 1.807) is 0 Å². The van der Waals surface area contributed by atoms with Crippen molar-refractivity contribution in [2.24, 2.45) is 5.92 Å². The lowest BCUT2D eigenvalue weighted by Gasteiger charge is -2.21. The van der Waals surface area contributed by atoms with Crippen LogP contribution in [0, 0.1) is 5.92 Å². The summed E-state index contributed by atoms with van der Waals surface area (Å²) in [5.74, 6) is 0.826. The van der Waals surface area contributed by atoms with Crippen LogP contribution in [-0.2, 0) is 0 Å². The molecule has 0 atom stereocenters. The number of carboxylic acids is 1. The number of carbonyl (C=O) groups is 2. The highest BCUT2D eigenvalue weighted by Gasteiger charge is 2.18. The summed E-state index contributed by atoms with van der Waals surface area (Å²) < 4.78 is 4.53. The summed E-state index contributed by atoms with van der Waals surface area (Å²) in [6, 6.07) is 1.13. The van der Waals surface area contributed by atoms with Gasteiger partial charge in [-0.1, -0.05) is 5.16 Å². The molecule has 1 aromatic rings. The molecule has 0 spiro atoms. The summed E-state index contributed by atoms with van der Waals surface area (Å²) in [4.78, 5) is 22.3. The van der Waals surface area contributed by atoms with Crippen molar-refractivity contribution in [1.29, 1.82) is 0 Å². The second-order valence-electron chi connectivity index (χ2n) is 4.15. The van der Waals surface area contributed by atoms with Crippen LogP contribution >= 0.6 is 11.8 Å². The molecule has 0 radical (unpaired) electrons. The highest BCUT2D eigenvalue weighted by molar-refractivity contribution is 7.99. The molecular weight excluding hydrogens is 256 g/mol. The molecule has 2 heterocycles. The third-order valence-electron chi connectivity index (χ3n) is 2.85. The van der Waals surface area contributed by atoms with Crippen LogP contribution in [0.2, 0.25) is 0 Å². The first kappa shape index (κ1) is 12.9. The van der Waals surface area contributed by atoms with Crippen molar-refractivity contribution >= 4 is 23.6 Å². The molecule has 1 amide bonds. The van der Waals surface area contributed by atoms with Crippen LogP contribution in [0.3, 0.4) is 0 Å². The quantitative estimate of drug-likeness (QED) is 0.855. The largest absolute Gasteiger partial charge is 0.475 e. The van der Waals surface area contributed by atoms with Gasteiger partial charge >= 0.3 is 5.97 Å². The predicted octanol–water partition coefficient (Wildman–Crippen LogP) is 1.25. The van der Waals surface area contributed by atoms with Crippen molar-refractivity contribution in [2.45, 2.75) is 12.8 Å². The molecule has 1 aliphatic heterocycles. The van der Waals surface area contributed by atoms with Crippen molar-refractivity contribution < 1.29 is 19.2 Å². The Hall–Kier alpha value is -1.50. The molecule has 1 aromatic heterocycles. The van der Waals surface area contributed by atoms with Gasteiger partial charge in [0.05, 0.1) is 0 Å². The van der Waals surface area contributed by atoms with E-state index >= 15 is 0 Å².